The molecule has 30 heavy (non-hydrogen) atoms. The summed E-state index contributed by atoms with van der Waals surface area (Å²) in [5.74, 6) is 1.24. The van der Waals surface area contributed by atoms with Crippen LogP contribution in [0.25, 0.3) is 11.1 Å². The summed E-state index contributed by atoms with van der Waals surface area (Å²) in [6.45, 7) is 7.44. The summed E-state index contributed by atoms with van der Waals surface area (Å²) in [7, 11) is 0. The molecule has 2 heteroatoms. The van der Waals surface area contributed by atoms with Crippen LogP contribution in [0.3, 0.4) is 0 Å². The first kappa shape index (κ1) is 22.1. The number of rotatable bonds is 11. The first-order chi connectivity index (χ1) is 14.7. The Morgan fingerprint density at radius 3 is 2.03 bits per heavy atom. The standard InChI is InChI=1S/C28H35NO/c1-4-6-8-9-23-10-19-28(29-21-23)22(3)24-11-13-25(14-12-24)26-15-17-27(18-16-26)30-20-7-5-2/h10-19,21-22H,4-9,20H2,1-3H3. The van der Waals surface area contributed by atoms with Gasteiger partial charge in [0.15, 0.2) is 0 Å². The SMILES string of the molecule is CCCCCc1ccc(C(C)c2ccc(-c3ccc(OCCCC)cc3)cc2)nc1. The van der Waals surface area contributed by atoms with Crippen molar-refractivity contribution in [3.63, 3.8) is 0 Å². The van der Waals surface area contributed by atoms with Gasteiger partial charge in [0.25, 0.3) is 0 Å². The minimum Gasteiger partial charge on any atom is -0.494 e. The normalized spacial score (nSPS) is 12.0. The third-order valence-corrected chi connectivity index (χ3v) is 5.73. The molecule has 0 fully saturated rings. The molecule has 0 aliphatic carbocycles. The van der Waals surface area contributed by atoms with Crippen LogP contribution in [0.2, 0.25) is 0 Å². The van der Waals surface area contributed by atoms with E-state index in [4.69, 9.17) is 9.72 Å². The fourth-order valence-electron chi connectivity index (χ4n) is 3.63. The summed E-state index contributed by atoms with van der Waals surface area (Å²) < 4.78 is 5.77. The summed E-state index contributed by atoms with van der Waals surface area (Å²) in [5, 5.41) is 0. The molecule has 0 aliphatic heterocycles. The van der Waals surface area contributed by atoms with E-state index >= 15 is 0 Å². The zero-order valence-electron chi connectivity index (χ0n) is 18.7. The molecular formula is C28H35NO. The van der Waals surface area contributed by atoms with Crippen LogP contribution in [-0.2, 0) is 6.42 Å². The summed E-state index contributed by atoms with van der Waals surface area (Å²) in [4.78, 5) is 4.74. The molecule has 0 saturated heterocycles. The first-order valence-electron chi connectivity index (χ1n) is 11.5. The third-order valence-electron chi connectivity index (χ3n) is 5.73. The van der Waals surface area contributed by atoms with Crippen molar-refractivity contribution in [2.75, 3.05) is 6.61 Å². The van der Waals surface area contributed by atoms with Crippen molar-refractivity contribution in [2.45, 2.75) is 65.2 Å². The van der Waals surface area contributed by atoms with E-state index in [1.807, 2.05) is 0 Å². The number of hydrogen-bond acceptors (Lipinski definition) is 2. The van der Waals surface area contributed by atoms with Gasteiger partial charge in [-0.2, -0.15) is 0 Å². The first-order valence-corrected chi connectivity index (χ1v) is 11.5. The maximum absolute atomic E-state index is 5.77. The highest BCUT2D eigenvalue weighted by atomic mass is 16.5. The number of hydrogen-bond donors (Lipinski definition) is 0. The van der Waals surface area contributed by atoms with Crippen LogP contribution in [0.4, 0.5) is 0 Å². The Kier molecular flexibility index (Phi) is 8.50. The van der Waals surface area contributed by atoms with Crippen molar-refractivity contribution in [3.05, 3.63) is 83.7 Å². The zero-order chi connectivity index (χ0) is 21.2. The maximum atomic E-state index is 5.77. The fraction of sp³-hybridized carbons (Fsp3) is 0.393. The number of nitrogens with zero attached hydrogens (tertiary/aromatic N) is 1. The van der Waals surface area contributed by atoms with Gasteiger partial charge in [0, 0.05) is 17.8 Å². The number of benzene rings is 2. The largest absolute Gasteiger partial charge is 0.494 e. The van der Waals surface area contributed by atoms with Crippen LogP contribution < -0.4 is 4.74 Å². The molecule has 158 valence electrons. The summed E-state index contributed by atoms with van der Waals surface area (Å²) in [5.41, 5.74) is 6.22. The highest BCUT2D eigenvalue weighted by molar-refractivity contribution is 5.64. The van der Waals surface area contributed by atoms with Gasteiger partial charge < -0.3 is 4.74 Å². The molecule has 1 unspecified atom stereocenters. The van der Waals surface area contributed by atoms with Crippen molar-refractivity contribution in [3.8, 4) is 16.9 Å². The minimum atomic E-state index is 0.290. The van der Waals surface area contributed by atoms with Crippen LogP contribution >= 0.6 is 0 Å². The Balaban J connectivity index is 1.62. The number of aromatic nitrogens is 1. The molecule has 0 N–H and O–H groups in total. The van der Waals surface area contributed by atoms with E-state index in [1.165, 1.54) is 41.5 Å². The van der Waals surface area contributed by atoms with Crippen molar-refractivity contribution >= 4 is 0 Å². The van der Waals surface area contributed by atoms with Crippen LogP contribution in [0, 0.1) is 0 Å². The lowest BCUT2D eigenvalue weighted by Crippen LogP contribution is -2.00. The van der Waals surface area contributed by atoms with Crippen molar-refractivity contribution in [1.29, 1.82) is 0 Å². The molecule has 0 radical (unpaired) electrons. The molecule has 1 atom stereocenters. The highest BCUT2D eigenvalue weighted by Crippen LogP contribution is 2.27. The number of aryl methyl sites for hydroxylation is 1. The summed E-state index contributed by atoms with van der Waals surface area (Å²) in [6, 6.07) is 21.7. The predicted molar refractivity (Wildman–Crippen MR) is 127 cm³/mol. The number of unbranched alkanes of at least 4 members (excludes halogenated alkanes) is 3. The van der Waals surface area contributed by atoms with Gasteiger partial charge in [-0.3, -0.25) is 4.98 Å². The average molecular weight is 402 g/mol. The van der Waals surface area contributed by atoms with E-state index in [2.05, 4.69) is 87.6 Å². The molecule has 1 aromatic heterocycles. The van der Waals surface area contributed by atoms with Gasteiger partial charge in [0.2, 0.25) is 0 Å². The van der Waals surface area contributed by atoms with Crippen LogP contribution in [0.1, 0.15) is 75.6 Å². The van der Waals surface area contributed by atoms with E-state index in [0.29, 0.717) is 0 Å². The Labute approximate surface area is 182 Å². The second-order valence-corrected chi connectivity index (χ2v) is 8.12. The van der Waals surface area contributed by atoms with Crippen LogP contribution in [0.15, 0.2) is 66.9 Å². The molecule has 0 amide bonds. The lowest BCUT2D eigenvalue weighted by molar-refractivity contribution is 0.309. The second-order valence-electron chi connectivity index (χ2n) is 8.12. The van der Waals surface area contributed by atoms with Crippen molar-refractivity contribution < 1.29 is 4.74 Å². The van der Waals surface area contributed by atoms with E-state index in [0.717, 1.165) is 37.3 Å². The molecule has 2 nitrogen and oxygen atoms in total. The molecule has 0 saturated carbocycles. The van der Waals surface area contributed by atoms with E-state index in [1.54, 1.807) is 0 Å². The van der Waals surface area contributed by atoms with Gasteiger partial charge in [-0.25, -0.2) is 0 Å². The van der Waals surface area contributed by atoms with Gasteiger partial charge in [-0.15, -0.1) is 0 Å². The smallest absolute Gasteiger partial charge is 0.119 e. The van der Waals surface area contributed by atoms with Crippen molar-refractivity contribution in [2.24, 2.45) is 0 Å². The summed E-state index contributed by atoms with van der Waals surface area (Å²) in [6.07, 6.45) is 9.24. The minimum absolute atomic E-state index is 0.290. The summed E-state index contributed by atoms with van der Waals surface area (Å²) >= 11 is 0. The molecule has 0 spiro atoms. The van der Waals surface area contributed by atoms with Gasteiger partial charge >= 0.3 is 0 Å². The van der Waals surface area contributed by atoms with Gasteiger partial charge in [-0.05, 0) is 59.7 Å². The average Bonchev–Trinajstić information content (AvgIpc) is 2.80. The number of pyridine rings is 1. The van der Waals surface area contributed by atoms with Gasteiger partial charge in [-0.1, -0.05) is 82.5 Å². The molecule has 1 heterocycles. The van der Waals surface area contributed by atoms with E-state index in [-0.39, 0.29) is 5.92 Å². The number of ether oxygens (including phenoxy) is 1. The monoisotopic (exact) mass is 401 g/mol. The third kappa shape index (κ3) is 6.19. The van der Waals surface area contributed by atoms with Gasteiger partial charge in [0.05, 0.1) is 6.61 Å². The molecule has 0 aliphatic rings. The lowest BCUT2D eigenvalue weighted by Gasteiger charge is -2.13. The zero-order valence-corrected chi connectivity index (χ0v) is 18.7. The molecule has 3 aromatic rings. The molecule has 3 rings (SSSR count). The molecule has 0 bridgehead atoms. The quantitative estimate of drug-likeness (QED) is 0.306. The Hall–Kier alpha value is -2.61. The highest BCUT2D eigenvalue weighted by Gasteiger charge is 2.10. The van der Waals surface area contributed by atoms with E-state index in [9.17, 15) is 0 Å². The molecular weight excluding hydrogens is 366 g/mol. The topological polar surface area (TPSA) is 22.1 Å². The van der Waals surface area contributed by atoms with Crippen LogP contribution in [0.5, 0.6) is 5.75 Å². The van der Waals surface area contributed by atoms with Gasteiger partial charge in [0.1, 0.15) is 5.75 Å². The maximum Gasteiger partial charge on any atom is 0.119 e. The van der Waals surface area contributed by atoms with Crippen LogP contribution in [-0.4, -0.2) is 11.6 Å². The Bertz CT molecular complexity index is 866. The Morgan fingerprint density at radius 2 is 1.43 bits per heavy atom. The van der Waals surface area contributed by atoms with E-state index < -0.39 is 0 Å². The second kappa shape index (κ2) is 11.5. The predicted octanol–water partition coefficient (Wildman–Crippen LogP) is 7.81. The molecule has 2 aromatic carbocycles. The van der Waals surface area contributed by atoms with Crippen molar-refractivity contribution in [1.82, 2.24) is 4.98 Å². The lowest BCUT2D eigenvalue weighted by atomic mass is 9.94. The fourth-order valence-corrected chi connectivity index (χ4v) is 3.63. The Morgan fingerprint density at radius 1 is 0.767 bits per heavy atom.